The topological polar surface area (TPSA) is 44.5 Å². The fraction of sp³-hybridized carbons (Fsp3) is 0.294. The second-order valence-corrected chi connectivity index (χ2v) is 5.11. The van der Waals surface area contributed by atoms with E-state index in [1.54, 1.807) is 0 Å². The van der Waals surface area contributed by atoms with Gasteiger partial charge in [0.1, 0.15) is 23.9 Å². The van der Waals surface area contributed by atoms with E-state index >= 15 is 0 Å². The van der Waals surface area contributed by atoms with Crippen molar-refractivity contribution in [2.75, 3.05) is 6.61 Å². The van der Waals surface area contributed by atoms with Crippen LogP contribution in [0.25, 0.3) is 0 Å². The summed E-state index contributed by atoms with van der Waals surface area (Å²) in [6.07, 6.45) is 0. The Balaban J connectivity index is 1.90. The maximum absolute atomic E-state index is 5.95. The summed E-state index contributed by atoms with van der Waals surface area (Å²) in [5.74, 6) is 2.83. The minimum Gasteiger partial charge on any atom is -0.492 e. The Morgan fingerprint density at radius 1 is 0.850 bits per heavy atom. The van der Waals surface area contributed by atoms with Gasteiger partial charge in [0.15, 0.2) is 0 Å². The number of hydrogen-bond donors (Lipinski definition) is 1. The third kappa shape index (κ3) is 4.28. The average molecular weight is 271 g/mol. The molecule has 0 spiro atoms. The van der Waals surface area contributed by atoms with Crippen LogP contribution < -0.4 is 15.2 Å². The van der Waals surface area contributed by atoms with Crippen molar-refractivity contribution < 1.29 is 9.47 Å². The highest BCUT2D eigenvalue weighted by Crippen LogP contribution is 2.23. The van der Waals surface area contributed by atoms with Crippen LogP contribution in [0, 0.1) is 5.92 Å². The first kappa shape index (κ1) is 14.4. The minimum absolute atomic E-state index is 0.0512. The lowest BCUT2D eigenvalue weighted by Gasteiger charge is -2.16. The van der Waals surface area contributed by atoms with Crippen LogP contribution in [0.15, 0.2) is 54.6 Å². The number of para-hydroxylation sites is 1. The second kappa shape index (κ2) is 6.96. The van der Waals surface area contributed by atoms with E-state index in [0.717, 1.165) is 17.2 Å². The highest BCUT2D eigenvalue weighted by Gasteiger charge is 2.08. The molecule has 2 aromatic carbocycles. The van der Waals surface area contributed by atoms with Gasteiger partial charge in [0.05, 0.1) is 0 Å². The molecule has 0 aliphatic carbocycles. The molecule has 20 heavy (non-hydrogen) atoms. The van der Waals surface area contributed by atoms with Gasteiger partial charge in [-0.15, -0.1) is 0 Å². The highest BCUT2D eigenvalue weighted by molar-refractivity contribution is 5.35. The standard InChI is InChI=1S/C17H21NO2/c1-13(2)17(18)12-19-14-8-10-16(11-9-14)20-15-6-4-3-5-7-15/h3-11,13,17H,12,18H2,1-2H3. The molecule has 0 amide bonds. The number of hydrogen-bond acceptors (Lipinski definition) is 3. The van der Waals surface area contributed by atoms with Gasteiger partial charge in [-0.25, -0.2) is 0 Å². The molecule has 3 nitrogen and oxygen atoms in total. The molecule has 0 aliphatic heterocycles. The van der Waals surface area contributed by atoms with E-state index in [4.69, 9.17) is 15.2 Å². The monoisotopic (exact) mass is 271 g/mol. The van der Waals surface area contributed by atoms with Crippen LogP contribution in [0.1, 0.15) is 13.8 Å². The van der Waals surface area contributed by atoms with Crippen LogP contribution in [-0.2, 0) is 0 Å². The van der Waals surface area contributed by atoms with Gasteiger partial charge in [0, 0.05) is 6.04 Å². The largest absolute Gasteiger partial charge is 0.492 e. The molecule has 2 N–H and O–H groups in total. The molecule has 0 saturated heterocycles. The van der Waals surface area contributed by atoms with Crippen LogP contribution in [0.3, 0.4) is 0 Å². The SMILES string of the molecule is CC(C)C(N)COc1ccc(Oc2ccccc2)cc1. The molecule has 0 fully saturated rings. The summed E-state index contributed by atoms with van der Waals surface area (Å²) in [5.41, 5.74) is 5.95. The maximum Gasteiger partial charge on any atom is 0.127 e. The molecule has 0 saturated carbocycles. The van der Waals surface area contributed by atoms with E-state index in [-0.39, 0.29) is 6.04 Å². The van der Waals surface area contributed by atoms with Gasteiger partial charge in [-0.05, 0) is 42.3 Å². The van der Waals surface area contributed by atoms with Crippen molar-refractivity contribution in [3.05, 3.63) is 54.6 Å². The van der Waals surface area contributed by atoms with Crippen LogP contribution >= 0.6 is 0 Å². The Morgan fingerprint density at radius 3 is 2.00 bits per heavy atom. The summed E-state index contributed by atoms with van der Waals surface area (Å²) >= 11 is 0. The lowest BCUT2D eigenvalue weighted by atomic mass is 10.1. The summed E-state index contributed by atoms with van der Waals surface area (Å²) in [4.78, 5) is 0. The summed E-state index contributed by atoms with van der Waals surface area (Å²) in [5, 5.41) is 0. The fourth-order valence-corrected chi connectivity index (χ4v) is 1.61. The van der Waals surface area contributed by atoms with Gasteiger partial charge >= 0.3 is 0 Å². The fourth-order valence-electron chi connectivity index (χ4n) is 1.61. The van der Waals surface area contributed by atoms with Gasteiger partial charge in [0.2, 0.25) is 0 Å². The van der Waals surface area contributed by atoms with E-state index < -0.39 is 0 Å². The third-order valence-corrected chi connectivity index (χ3v) is 3.10. The van der Waals surface area contributed by atoms with Gasteiger partial charge < -0.3 is 15.2 Å². The van der Waals surface area contributed by atoms with Gasteiger partial charge in [-0.2, -0.15) is 0 Å². The number of nitrogens with two attached hydrogens (primary N) is 1. The molecule has 0 aliphatic rings. The van der Waals surface area contributed by atoms with Gasteiger partial charge in [0.25, 0.3) is 0 Å². The van der Waals surface area contributed by atoms with E-state index in [1.807, 2.05) is 54.6 Å². The lowest BCUT2D eigenvalue weighted by Crippen LogP contribution is -2.32. The molecule has 1 atom stereocenters. The molecule has 106 valence electrons. The third-order valence-electron chi connectivity index (χ3n) is 3.10. The smallest absolute Gasteiger partial charge is 0.127 e. The van der Waals surface area contributed by atoms with Crippen LogP contribution in [0.2, 0.25) is 0 Å². The summed E-state index contributed by atoms with van der Waals surface area (Å²) in [6, 6.07) is 17.3. The van der Waals surface area contributed by atoms with E-state index in [0.29, 0.717) is 12.5 Å². The predicted octanol–water partition coefficient (Wildman–Crippen LogP) is 3.84. The highest BCUT2D eigenvalue weighted by atomic mass is 16.5. The summed E-state index contributed by atoms with van der Waals surface area (Å²) in [6.45, 7) is 4.70. The second-order valence-electron chi connectivity index (χ2n) is 5.11. The predicted molar refractivity (Wildman–Crippen MR) is 81.3 cm³/mol. The van der Waals surface area contributed by atoms with Crippen molar-refractivity contribution in [3.63, 3.8) is 0 Å². The normalized spacial score (nSPS) is 12.2. The van der Waals surface area contributed by atoms with Crippen LogP contribution in [0.5, 0.6) is 17.2 Å². The van der Waals surface area contributed by atoms with Crippen molar-refractivity contribution in [2.24, 2.45) is 11.7 Å². The molecule has 0 bridgehead atoms. The molecule has 0 radical (unpaired) electrons. The number of benzene rings is 2. The Hall–Kier alpha value is -2.00. The molecule has 1 unspecified atom stereocenters. The molecule has 0 heterocycles. The molecule has 2 aromatic rings. The molecule has 3 heteroatoms. The van der Waals surface area contributed by atoms with Crippen molar-refractivity contribution in [1.82, 2.24) is 0 Å². The minimum atomic E-state index is 0.0512. The number of ether oxygens (including phenoxy) is 2. The molecular weight excluding hydrogens is 250 g/mol. The molecular formula is C17H21NO2. The maximum atomic E-state index is 5.95. The van der Waals surface area contributed by atoms with E-state index in [9.17, 15) is 0 Å². The quantitative estimate of drug-likeness (QED) is 0.868. The zero-order valence-corrected chi connectivity index (χ0v) is 12.0. The van der Waals surface area contributed by atoms with Crippen LogP contribution in [-0.4, -0.2) is 12.6 Å². The molecule has 0 aromatic heterocycles. The zero-order valence-electron chi connectivity index (χ0n) is 12.0. The zero-order chi connectivity index (χ0) is 14.4. The van der Waals surface area contributed by atoms with Crippen molar-refractivity contribution in [3.8, 4) is 17.2 Å². The van der Waals surface area contributed by atoms with Crippen molar-refractivity contribution in [1.29, 1.82) is 0 Å². The first-order chi connectivity index (χ1) is 9.65. The molecule has 2 rings (SSSR count). The Labute approximate surface area is 120 Å². The average Bonchev–Trinajstić information content (AvgIpc) is 2.47. The summed E-state index contributed by atoms with van der Waals surface area (Å²) < 4.78 is 11.4. The number of rotatable bonds is 6. The first-order valence-electron chi connectivity index (χ1n) is 6.86. The van der Waals surface area contributed by atoms with Crippen LogP contribution in [0.4, 0.5) is 0 Å². The first-order valence-corrected chi connectivity index (χ1v) is 6.86. The Kier molecular flexibility index (Phi) is 5.02. The van der Waals surface area contributed by atoms with E-state index in [2.05, 4.69) is 13.8 Å². The Bertz CT molecular complexity index is 508. The van der Waals surface area contributed by atoms with Gasteiger partial charge in [-0.1, -0.05) is 32.0 Å². The van der Waals surface area contributed by atoms with E-state index in [1.165, 1.54) is 0 Å². The Morgan fingerprint density at radius 2 is 1.40 bits per heavy atom. The lowest BCUT2D eigenvalue weighted by molar-refractivity contribution is 0.259. The van der Waals surface area contributed by atoms with Gasteiger partial charge in [-0.3, -0.25) is 0 Å². The van der Waals surface area contributed by atoms with Crippen molar-refractivity contribution >= 4 is 0 Å². The van der Waals surface area contributed by atoms with Crippen molar-refractivity contribution in [2.45, 2.75) is 19.9 Å². The summed E-state index contributed by atoms with van der Waals surface area (Å²) in [7, 11) is 0.